The summed E-state index contributed by atoms with van der Waals surface area (Å²) in [7, 11) is 0. The lowest BCUT2D eigenvalue weighted by atomic mass is 10.2. The minimum Gasteiger partial charge on any atom is -0.361 e. The van der Waals surface area contributed by atoms with E-state index in [1.54, 1.807) is 18.2 Å². The van der Waals surface area contributed by atoms with Crippen LogP contribution in [-0.4, -0.2) is 16.1 Å². The number of nitro benzene ring substituents is 1. The molecule has 3 aromatic rings. The van der Waals surface area contributed by atoms with Gasteiger partial charge < -0.3 is 4.98 Å². The predicted molar refractivity (Wildman–Crippen MR) is 78.6 cm³/mol. The van der Waals surface area contributed by atoms with E-state index in [1.165, 1.54) is 12.3 Å². The number of hydrogen-bond acceptors (Lipinski definition) is 3. The van der Waals surface area contributed by atoms with Crippen LogP contribution in [0.25, 0.3) is 10.9 Å². The molecule has 0 unspecified atom stereocenters. The van der Waals surface area contributed by atoms with Gasteiger partial charge in [-0.1, -0.05) is 18.2 Å². The van der Waals surface area contributed by atoms with Crippen molar-refractivity contribution in [1.82, 2.24) is 4.98 Å². The van der Waals surface area contributed by atoms with Crippen LogP contribution in [0.1, 0.15) is 5.56 Å². The predicted octanol–water partition coefficient (Wildman–Crippen LogP) is 3.83. The highest BCUT2D eigenvalue weighted by molar-refractivity contribution is 5.88. The van der Waals surface area contributed by atoms with Crippen LogP contribution in [0.3, 0.4) is 0 Å². The molecule has 1 heterocycles. The van der Waals surface area contributed by atoms with Crippen LogP contribution in [0, 0.1) is 10.1 Å². The fourth-order valence-electron chi connectivity index (χ4n) is 2.02. The molecule has 0 amide bonds. The van der Waals surface area contributed by atoms with Gasteiger partial charge >= 0.3 is 0 Å². The second-order valence-corrected chi connectivity index (χ2v) is 4.32. The molecule has 0 aliphatic rings. The van der Waals surface area contributed by atoms with E-state index in [9.17, 15) is 10.1 Å². The average molecular weight is 265 g/mol. The number of nitrogens with zero attached hydrogens (tertiary/aromatic N) is 2. The van der Waals surface area contributed by atoms with Gasteiger partial charge in [0, 0.05) is 24.0 Å². The van der Waals surface area contributed by atoms with E-state index in [-0.39, 0.29) is 5.69 Å². The zero-order valence-electron chi connectivity index (χ0n) is 10.5. The number of H-pyrrole nitrogens is 1. The van der Waals surface area contributed by atoms with E-state index in [0.717, 1.165) is 16.6 Å². The number of nitrogens with one attached hydrogen (secondary N) is 1. The van der Waals surface area contributed by atoms with Gasteiger partial charge in [0.15, 0.2) is 0 Å². The van der Waals surface area contributed by atoms with Crippen LogP contribution in [0.4, 0.5) is 11.4 Å². The molecule has 0 spiro atoms. The zero-order chi connectivity index (χ0) is 13.9. The highest BCUT2D eigenvalue weighted by atomic mass is 16.6. The molecule has 0 atom stereocenters. The fourth-order valence-corrected chi connectivity index (χ4v) is 2.02. The molecule has 0 aliphatic carbocycles. The molecule has 3 rings (SSSR count). The maximum Gasteiger partial charge on any atom is 0.278 e. The number of rotatable bonds is 3. The monoisotopic (exact) mass is 265 g/mol. The summed E-state index contributed by atoms with van der Waals surface area (Å²) in [6.07, 6.45) is 3.38. The largest absolute Gasteiger partial charge is 0.361 e. The number of benzene rings is 2. The van der Waals surface area contributed by atoms with Gasteiger partial charge in [-0.25, -0.2) is 0 Å². The van der Waals surface area contributed by atoms with Crippen molar-refractivity contribution in [3.05, 3.63) is 70.4 Å². The molecule has 5 heteroatoms. The third kappa shape index (κ3) is 2.29. The van der Waals surface area contributed by atoms with Crippen LogP contribution in [0.2, 0.25) is 0 Å². The molecule has 0 radical (unpaired) electrons. The molecule has 20 heavy (non-hydrogen) atoms. The normalized spacial score (nSPS) is 11.2. The Bertz CT molecular complexity index is 805. The molecule has 5 nitrogen and oxygen atoms in total. The molecule has 1 aromatic heterocycles. The maximum atomic E-state index is 10.9. The second kappa shape index (κ2) is 4.97. The van der Waals surface area contributed by atoms with Crippen LogP contribution in [-0.2, 0) is 0 Å². The molecule has 0 saturated carbocycles. The smallest absolute Gasteiger partial charge is 0.278 e. The SMILES string of the molecule is O=[N+]([O-])c1ccccc1C=Nc1ccc2cc[nH]c2c1. The van der Waals surface area contributed by atoms with Gasteiger partial charge in [0.2, 0.25) is 0 Å². The van der Waals surface area contributed by atoms with Gasteiger partial charge in [-0.05, 0) is 29.7 Å². The molecule has 0 bridgehead atoms. The number of aromatic nitrogens is 1. The van der Waals surface area contributed by atoms with E-state index in [1.807, 2.05) is 30.5 Å². The first kappa shape index (κ1) is 12.1. The molecule has 0 saturated heterocycles. The van der Waals surface area contributed by atoms with E-state index < -0.39 is 4.92 Å². The van der Waals surface area contributed by atoms with E-state index in [0.29, 0.717) is 5.56 Å². The third-order valence-electron chi connectivity index (χ3n) is 3.02. The summed E-state index contributed by atoms with van der Waals surface area (Å²) >= 11 is 0. The minimum atomic E-state index is -0.407. The number of aromatic amines is 1. The molecule has 1 N–H and O–H groups in total. The summed E-state index contributed by atoms with van der Waals surface area (Å²) in [4.78, 5) is 17.9. The summed E-state index contributed by atoms with van der Waals surface area (Å²) in [5, 5.41) is 12.0. The van der Waals surface area contributed by atoms with Crippen molar-refractivity contribution in [1.29, 1.82) is 0 Å². The van der Waals surface area contributed by atoms with Crippen LogP contribution in [0.15, 0.2) is 59.7 Å². The van der Waals surface area contributed by atoms with Gasteiger partial charge in [0.25, 0.3) is 5.69 Å². The molecule has 2 aromatic carbocycles. The molecular weight excluding hydrogens is 254 g/mol. The molecule has 0 aliphatic heterocycles. The van der Waals surface area contributed by atoms with Gasteiger partial charge in [-0.15, -0.1) is 0 Å². The number of fused-ring (bicyclic) bond motifs is 1. The fraction of sp³-hybridized carbons (Fsp3) is 0. The zero-order valence-corrected chi connectivity index (χ0v) is 10.5. The summed E-state index contributed by atoms with van der Waals surface area (Å²) in [5.41, 5.74) is 2.28. The van der Waals surface area contributed by atoms with Crippen molar-refractivity contribution in [3.63, 3.8) is 0 Å². The van der Waals surface area contributed by atoms with E-state index in [4.69, 9.17) is 0 Å². The van der Waals surface area contributed by atoms with Crippen molar-refractivity contribution >= 4 is 28.5 Å². The minimum absolute atomic E-state index is 0.0530. The molecular formula is C15H11N3O2. The lowest BCUT2D eigenvalue weighted by Crippen LogP contribution is -1.93. The number of aliphatic imine (C=N–C) groups is 1. The van der Waals surface area contributed by atoms with Crippen molar-refractivity contribution in [2.45, 2.75) is 0 Å². The topological polar surface area (TPSA) is 71.3 Å². The summed E-state index contributed by atoms with van der Waals surface area (Å²) in [6.45, 7) is 0. The quantitative estimate of drug-likeness (QED) is 0.444. The molecule has 98 valence electrons. The van der Waals surface area contributed by atoms with Crippen LogP contribution >= 0.6 is 0 Å². The van der Waals surface area contributed by atoms with Crippen LogP contribution < -0.4 is 0 Å². The first-order valence-corrected chi connectivity index (χ1v) is 6.09. The van der Waals surface area contributed by atoms with Gasteiger partial charge in [-0.2, -0.15) is 0 Å². The summed E-state index contributed by atoms with van der Waals surface area (Å²) in [6, 6.07) is 14.2. The lowest BCUT2D eigenvalue weighted by Gasteiger charge is -1.97. The Kier molecular flexibility index (Phi) is 3.01. The molecule has 0 fully saturated rings. The van der Waals surface area contributed by atoms with Gasteiger partial charge in [-0.3, -0.25) is 15.1 Å². The number of para-hydroxylation sites is 1. The lowest BCUT2D eigenvalue weighted by molar-refractivity contribution is -0.385. The number of hydrogen-bond donors (Lipinski definition) is 1. The van der Waals surface area contributed by atoms with Crippen LogP contribution in [0.5, 0.6) is 0 Å². The second-order valence-electron chi connectivity index (χ2n) is 4.32. The van der Waals surface area contributed by atoms with Gasteiger partial charge in [0.05, 0.1) is 16.2 Å². The average Bonchev–Trinajstić information content (AvgIpc) is 2.92. The van der Waals surface area contributed by atoms with Crippen molar-refractivity contribution < 1.29 is 4.92 Å². The Labute approximate surface area is 114 Å². The Morgan fingerprint density at radius 3 is 2.85 bits per heavy atom. The first-order valence-electron chi connectivity index (χ1n) is 6.09. The Hall–Kier alpha value is -2.95. The van der Waals surface area contributed by atoms with Gasteiger partial charge in [0.1, 0.15) is 0 Å². The van der Waals surface area contributed by atoms with Crippen molar-refractivity contribution in [2.75, 3.05) is 0 Å². The highest BCUT2D eigenvalue weighted by Crippen LogP contribution is 2.21. The van der Waals surface area contributed by atoms with E-state index in [2.05, 4.69) is 9.98 Å². The first-order chi connectivity index (χ1) is 9.74. The number of nitro groups is 1. The Morgan fingerprint density at radius 1 is 1.15 bits per heavy atom. The van der Waals surface area contributed by atoms with E-state index >= 15 is 0 Å². The van der Waals surface area contributed by atoms with Crippen molar-refractivity contribution in [3.8, 4) is 0 Å². The standard InChI is InChI=1S/C15H11N3O2/c19-18(20)15-4-2-1-3-12(15)10-17-13-6-5-11-7-8-16-14(11)9-13/h1-10,16H. The highest BCUT2D eigenvalue weighted by Gasteiger charge is 2.09. The Balaban J connectivity index is 1.95. The summed E-state index contributed by atoms with van der Waals surface area (Å²) in [5.74, 6) is 0. The summed E-state index contributed by atoms with van der Waals surface area (Å²) < 4.78 is 0. The van der Waals surface area contributed by atoms with Crippen molar-refractivity contribution in [2.24, 2.45) is 4.99 Å². The maximum absolute atomic E-state index is 10.9. The third-order valence-corrected chi connectivity index (χ3v) is 3.02. The Morgan fingerprint density at radius 2 is 2.00 bits per heavy atom.